The van der Waals surface area contributed by atoms with Crippen molar-refractivity contribution in [1.82, 2.24) is 10.6 Å². The van der Waals surface area contributed by atoms with E-state index in [4.69, 9.17) is 0 Å². The van der Waals surface area contributed by atoms with E-state index in [2.05, 4.69) is 10.6 Å². The highest BCUT2D eigenvalue weighted by atomic mass is 35.5. The molecule has 3 N–H and O–H groups in total. The SMILES string of the molecule is Cl.Oc1ccc(F)cc1[C@H]1CNCCN1. The first kappa shape index (κ1) is 12.2. The van der Waals surface area contributed by atoms with Gasteiger partial charge in [-0.3, -0.25) is 0 Å². The van der Waals surface area contributed by atoms with Crippen LogP contribution in [0.15, 0.2) is 18.2 Å². The lowest BCUT2D eigenvalue weighted by atomic mass is 10.0. The summed E-state index contributed by atoms with van der Waals surface area (Å²) in [4.78, 5) is 0. The molecule has 15 heavy (non-hydrogen) atoms. The summed E-state index contributed by atoms with van der Waals surface area (Å²) in [5.74, 6) is -0.169. The third-order valence-electron chi connectivity index (χ3n) is 2.41. The lowest BCUT2D eigenvalue weighted by molar-refractivity contribution is 0.402. The number of phenols is 1. The highest BCUT2D eigenvalue weighted by Crippen LogP contribution is 2.25. The molecular formula is C10H14ClFN2O. The number of piperazine rings is 1. The largest absolute Gasteiger partial charge is 0.508 e. The van der Waals surface area contributed by atoms with Gasteiger partial charge >= 0.3 is 0 Å². The minimum Gasteiger partial charge on any atom is -0.508 e. The molecule has 3 nitrogen and oxygen atoms in total. The molecular weight excluding hydrogens is 219 g/mol. The molecule has 1 saturated heterocycles. The third-order valence-corrected chi connectivity index (χ3v) is 2.41. The number of phenolic OH excluding ortho intramolecular Hbond substituents is 1. The van der Waals surface area contributed by atoms with Gasteiger partial charge in [0, 0.05) is 31.2 Å². The van der Waals surface area contributed by atoms with Gasteiger partial charge < -0.3 is 15.7 Å². The fraction of sp³-hybridized carbons (Fsp3) is 0.400. The number of halogens is 2. The summed E-state index contributed by atoms with van der Waals surface area (Å²) >= 11 is 0. The Kier molecular flexibility index (Phi) is 4.32. The maximum Gasteiger partial charge on any atom is 0.123 e. The molecule has 1 aromatic carbocycles. The Hall–Kier alpha value is -0.840. The molecule has 0 spiro atoms. The minimum absolute atomic E-state index is 0. The normalized spacial score (nSPS) is 20.7. The minimum atomic E-state index is -0.315. The third kappa shape index (κ3) is 2.81. The second-order valence-corrected chi connectivity index (χ2v) is 3.41. The van der Waals surface area contributed by atoms with Crippen LogP contribution in [0.4, 0.5) is 4.39 Å². The van der Waals surface area contributed by atoms with E-state index in [0.29, 0.717) is 5.56 Å². The van der Waals surface area contributed by atoms with Crippen molar-refractivity contribution >= 4 is 12.4 Å². The fourth-order valence-corrected chi connectivity index (χ4v) is 1.68. The van der Waals surface area contributed by atoms with E-state index in [0.717, 1.165) is 19.6 Å². The van der Waals surface area contributed by atoms with Crippen molar-refractivity contribution in [2.75, 3.05) is 19.6 Å². The van der Waals surface area contributed by atoms with Gasteiger partial charge in [-0.15, -0.1) is 12.4 Å². The van der Waals surface area contributed by atoms with E-state index in [-0.39, 0.29) is 30.0 Å². The average molecular weight is 233 g/mol. The number of aromatic hydroxyl groups is 1. The second kappa shape index (κ2) is 5.30. The number of nitrogens with one attached hydrogen (secondary N) is 2. The number of hydrogen-bond donors (Lipinski definition) is 3. The lowest BCUT2D eigenvalue weighted by Crippen LogP contribution is -2.42. The van der Waals surface area contributed by atoms with Gasteiger partial charge in [-0.05, 0) is 18.2 Å². The zero-order valence-electron chi connectivity index (χ0n) is 8.16. The van der Waals surface area contributed by atoms with Gasteiger partial charge in [-0.1, -0.05) is 0 Å². The number of benzene rings is 1. The average Bonchev–Trinajstić information content (AvgIpc) is 2.23. The quantitative estimate of drug-likeness (QED) is 0.682. The molecule has 2 rings (SSSR count). The number of hydrogen-bond acceptors (Lipinski definition) is 3. The topological polar surface area (TPSA) is 44.3 Å². The predicted octanol–water partition coefficient (Wildman–Crippen LogP) is 1.19. The Morgan fingerprint density at radius 3 is 2.80 bits per heavy atom. The van der Waals surface area contributed by atoms with Crippen LogP contribution in [-0.4, -0.2) is 24.7 Å². The lowest BCUT2D eigenvalue weighted by Gasteiger charge is -2.25. The van der Waals surface area contributed by atoms with Crippen molar-refractivity contribution in [3.8, 4) is 5.75 Å². The molecule has 0 aliphatic carbocycles. The molecule has 0 radical (unpaired) electrons. The summed E-state index contributed by atoms with van der Waals surface area (Å²) in [5, 5.41) is 16.0. The van der Waals surface area contributed by atoms with Gasteiger partial charge in [-0.2, -0.15) is 0 Å². The van der Waals surface area contributed by atoms with E-state index in [1.807, 2.05) is 0 Å². The zero-order valence-corrected chi connectivity index (χ0v) is 8.98. The van der Waals surface area contributed by atoms with Crippen molar-refractivity contribution in [2.45, 2.75) is 6.04 Å². The molecule has 0 amide bonds. The Balaban J connectivity index is 0.00000112. The molecule has 84 valence electrons. The standard InChI is InChI=1S/C10H13FN2O.ClH/c11-7-1-2-10(14)8(5-7)9-6-12-3-4-13-9;/h1-2,5,9,12-14H,3-4,6H2;1H/t9-;/m1./s1. The molecule has 1 aromatic rings. The monoisotopic (exact) mass is 232 g/mol. The molecule has 1 aliphatic rings. The Bertz CT molecular complexity index is 329. The van der Waals surface area contributed by atoms with Crippen LogP contribution in [0.2, 0.25) is 0 Å². The maximum absolute atomic E-state index is 12.9. The molecule has 0 bridgehead atoms. The Morgan fingerprint density at radius 1 is 1.33 bits per heavy atom. The Morgan fingerprint density at radius 2 is 2.13 bits per heavy atom. The zero-order chi connectivity index (χ0) is 9.97. The van der Waals surface area contributed by atoms with Crippen molar-refractivity contribution < 1.29 is 9.50 Å². The molecule has 1 aliphatic heterocycles. The van der Waals surface area contributed by atoms with E-state index in [1.54, 1.807) is 0 Å². The molecule has 0 saturated carbocycles. The summed E-state index contributed by atoms with van der Waals surface area (Å²) < 4.78 is 12.9. The Labute approximate surface area is 94.1 Å². The highest BCUT2D eigenvalue weighted by Gasteiger charge is 2.17. The van der Waals surface area contributed by atoms with Crippen LogP contribution in [0, 0.1) is 5.82 Å². The van der Waals surface area contributed by atoms with Crippen LogP contribution in [0.5, 0.6) is 5.75 Å². The van der Waals surface area contributed by atoms with Gasteiger partial charge in [-0.25, -0.2) is 4.39 Å². The summed E-state index contributed by atoms with van der Waals surface area (Å²) in [6.07, 6.45) is 0. The molecule has 1 heterocycles. The van der Waals surface area contributed by atoms with Crippen LogP contribution >= 0.6 is 12.4 Å². The van der Waals surface area contributed by atoms with Crippen molar-refractivity contribution in [1.29, 1.82) is 0 Å². The van der Waals surface area contributed by atoms with Gasteiger partial charge in [0.25, 0.3) is 0 Å². The summed E-state index contributed by atoms with van der Waals surface area (Å²) in [6, 6.07) is 4.02. The van der Waals surface area contributed by atoms with Gasteiger partial charge in [0.05, 0.1) is 0 Å². The summed E-state index contributed by atoms with van der Waals surface area (Å²) in [7, 11) is 0. The summed E-state index contributed by atoms with van der Waals surface area (Å²) in [6.45, 7) is 2.46. The molecule has 1 fully saturated rings. The van der Waals surface area contributed by atoms with E-state index < -0.39 is 0 Å². The van der Waals surface area contributed by atoms with Crippen LogP contribution in [0.1, 0.15) is 11.6 Å². The summed E-state index contributed by atoms with van der Waals surface area (Å²) in [5.41, 5.74) is 0.622. The van der Waals surface area contributed by atoms with Gasteiger partial charge in [0.15, 0.2) is 0 Å². The van der Waals surface area contributed by atoms with Crippen molar-refractivity contribution in [3.63, 3.8) is 0 Å². The molecule has 5 heteroatoms. The first-order chi connectivity index (χ1) is 6.77. The van der Waals surface area contributed by atoms with Crippen LogP contribution in [0.3, 0.4) is 0 Å². The van der Waals surface area contributed by atoms with Crippen LogP contribution in [0.25, 0.3) is 0 Å². The highest BCUT2D eigenvalue weighted by molar-refractivity contribution is 5.85. The van der Waals surface area contributed by atoms with Crippen molar-refractivity contribution in [3.05, 3.63) is 29.6 Å². The van der Waals surface area contributed by atoms with Crippen LogP contribution in [-0.2, 0) is 0 Å². The molecule has 0 unspecified atom stereocenters. The molecule has 0 aromatic heterocycles. The van der Waals surface area contributed by atoms with E-state index >= 15 is 0 Å². The van der Waals surface area contributed by atoms with E-state index in [1.165, 1.54) is 18.2 Å². The first-order valence-corrected chi connectivity index (χ1v) is 4.70. The molecule has 1 atom stereocenters. The fourth-order valence-electron chi connectivity index (χ4n) is 1.68. The van der Waals surface area contributed by atoms with Crippen LogP contribution < -0.4 is 10.6 Å². The second-order valence-electron chi connectivity index (χ2n) is 3.41. The maximum atomic E-state index is 12.9. The van der Waals surface area contributed by atoms with E-state index in [9.17, 15) is 9.50 Å². The van der Waals surface area contributed by atoms with Gasteiger partial charge in [0.2, 0.25) is 0 Å². The van der Waals surface area contributed by atoms with Crippen molar-refractivity contribution in [2.24, 2.45) is 0 Å². The predicted molar refractivity (Wildman–Crippen MR) is 58.9 cm³/mol. The smallest absolute Gasteiger partial charge is 0.123 e. The van der Waals surface area contributed by atoms with Gasteiger partial charge in [0.1, 0.15) is 11.6 Å². The first-order valence-electron chi connectivity index (χ1n) is 4.70. The number of rotatable bonds is 1.